The van der Waals surface area contributed by atoms with Crippen molar-refractivity contribution in [3.05, 3.63) is 171 Å². The Balaban J connectivity index is 1.04. The molecule has 6 aliphatic carbocycles. The monoisotopic (exact) mass is 1010 g/mol. The lowest BCUT2D eigenvalue weighted by Gasteiger charge is -2.58. The highest BCUT2D eigenvalue weighted by molar-refractivity contribution is 7.29. The van der Waals surface area contributed by atoms with Gasteiger partial charge in [0.15, 0.2) is 0 Å². The van der Waals surface area contributed by atoms with E-state index in [-0.39, 0.29) is 33.8 Å². The van der Waals surface area contributed by atoms with Gasteiger partial charge in [0.25, 0.3) is 6.71 Å². The zero-order valence-corrected chi connectivity index (χ0v) is 48.4. The van der Waals surface area contributed by atoms with Crippen molar-refractivity contribution in [3.63, 3.8) is 0 Å². The van der Waals surface area contributed by atoms with Gasteiger partial charge in [0, 0.05) is 43.7 Å². The molecule has 4 heteroatoms. The summed E-state index contributed by atoms with van der Waals surface area (Å²) >= 11 is 2.19. The van der Waals surface area contributed by atoms with E-state index < -0.39 is 0 Å². The van der Waals surface area contributed by atoms with Crippen LogP contribution < -0.4 is 25.5 Å². The summed E-state index contributed by atoms with van der Waals surface area (Å²) in [6.07, 6.45) is 19.8. The molecule has 1 aromatic heterocycles. The standard InChI is InChI=1S/C72H79BN2S/c1-41(2)42(3)43-21-28-60-59(33-43)73-65-61(74(60)46-24-22-45(23-25-46)68(4,5)6)34-44(52-37-53-50-19-14-13-17-48(50)49-18-15-16-20-51(49)64(52)53)35-62(65)75-47-26-27-55-57(36-47)71(11,31-29-69(55,7)8)40-72(12)32-30-70(9,10)56-39-63-54(38-58(56)72)66(75)67(73)76-63/h13-28,33-36,38,41-42,52-53,55-57,64H,29-32,37,39-40H2,1-12H3/t42?,52?,53?,55-,56?,57?,64?,71?,72?/m1/s1. The van der Waals surface area contributed by atoms with Gasteiger partial charge in [-0.25, -0.2) is 0 Å². The lowest BCUT2D eigenvalue weighted by Crippen LogP contribution is -2.61. The highest BCUT2D eigenvalue weighted by atomic mass is 32.1. The molecular weight excluding hydrogens is 936 g/mol. The van der Waals surface area contributed by atoms with Crippen molar-refractivity contribution in [2.24, 2.45) is 45.3 Å². The van der Waals surface area contributed by atoms with Crippen LogP contribution in [0.4, 0.5) is 28.4 Å². The molecule has 9 atom stereocenters. The molecule has 5 aromatic carbocycles. The van der Waals surface area contributed by atoms with Crippen molar-refractivity contribution >= 4 is 68.3 Å². The van der Waals surface area contributed by atoms with Crippen LogP contribution in [0.15, 0.2) is 133 Å². The molecule has 0 radical (unpaired) electrons. The predicted molar refractivity (Wildman–Crippen MR) is 325 cm³/mol. The van der Waals surface area contributed by atoms with Crippen LogP contribution in [0, 0.1) is 45.3 Å². The van der Waals surface area contributed by atoms with Crippen LogP contribution in [0.25, 0.3) is 17.2 Å². The van der Waals surface area contributed by atoms with Crippen molar-refractivity contribution in [2.45, 2.75) is 157 Å². The molecule has 15 rings (SSSR count). The molecule has 0 N–H and O–H groups in total. The first-order valence-electron chi connectivity index (χ1n) is 29.7. The first-order valence-corrected chi connectivity index (χ1v) is 30.5. The number of hydrogen-bond acceptors (Lipinski definition) is 3. The Morgan fingerprint density at radius 3 is 2.13 bits per heavy atom. The lowest BCUT2D eigenvalue weighted by molar-refractivity contribution is -0.0202. The van der Waals surface area contributed by atoms with E-state index in [1.807, 2.05) is 0 Å². The Morgan fingerprint density at radius 2 is 1.39 bits per heavy atom. The quantitative estimate of drug-likeness (QED) is 0.162. The summed E-state index contributed by atoms with van der Waals surface area (Å²) in [6.45, 7) is 30.3. The van der Waals surface area contributed by atoms with Gasteiger partial charge in [-0.05, 0) is 206 Å². The molecule has 386 valence electrons. The normalized spacial score (nSPS) is 29.6. The van der Waals surface area contributed by atoms with Gasteiger partial charge in [0.2, 0.25) is 0 Å². The van der Waals surface area contributed by atoms with Crippen LogP contribution in [0.2, 0.25) is 0 Å². The topological polar surface area (TPSA) is 6.48 Å². The molecule has 76 heavy (non-hydrogen) atoms. The summed E-state index contributed by atoms with van der Waals surface area (Å²) in [5.41, 5.74) is 25.7. The zero-order chi connectivity index (χ0) is 52.3. The summed E-state index contributed by atoms with van der Waals surface area (Å²) in [5, 5.41) is 0. The van der Waals surface area contributed by atoms with Gasteiger partial charge in [-0.3, -0.25) is 0 Å². The van der Waals surface area contributed by atoms with Gasteiger partial charge >= 0.3 is 0 Å². The zero-order valence-electron chi connectivity index (χ0n) is 47.6. The molecule has 6 aromatic rings. The fourth-order valence-corrected chi connectivity index (χ4v) is 19.2. The fraction of sp³-hybridized carbons (Fsp3) is 0.444. The average Bonchev–Trinajstić information content (AvgIpc) is 3.97. The second-order valence-corrected chi connectivity index (χ2v) is 30.4. The number of thiophene rings is 1. The first kappa shape index (κ1) is 47.9. The van der Waals surface area contributed by atoms with Crippen LogP contribution in [-0.2, 0) is 11.8 Å². The van der Waals surface area contributed by atoms with Crippen LogP contribution >= 0.6 is 11.3 Å². The van der Waals surface area contributed by atoms with Crippen LogP contribution in [0.1, 0.15) is 184 Å². The molecule has 0 saturated heterocycles. The van der Waals surface area contributed by atoms with E-state index in [0.29, 0.717) is 47.3 Å². The van der Waals surface area contributed by atoms with Crippen LogP contribution in [0.3, 0.4) is 0 Å². The van der Waals surface area contributed by atoms with Crippen LogP contribution in [-0.4, -0.2) is 6.71 Å². The molecule has 4 heterocycles. The number of fused-ring (bicyclic) bond motifs is 11. The van der Waals surface area contributed by atoms with E-state index in [2.05, 4.69) is 232 Å². The number of hydrogen-bond donors (Lipinski definition) is 0. The van der Waals surface area contributed by atoms with Gasteiger partial charge in [0.1, 0.15) is 0 Å². The third-order valence-corrected chi connectivity index (χ3v) is 24.0. The minimum absolute atomic E-state index is 0.0556. The van der Waals surface area contributed by atoms with E-state index in [1.165, 1.54) is 116 Å². The summed E-state index contributed by atoms with van der Waals surface area (Å²) in [5.74, 6) is 3.79. The Hall–Kier alpha value is -5.32. The van der Waals surface area contributed by atoms with E-state index in [4.69, 9.17) is 0 Å². The minimum Gasteiger partial charge on any atom is -0.311 e. The number of benzene rings is 5. The number of anilines is 5. The van der Waals surface area contributed by atoms with Crippen molar-refractivity contribution in [1.29, 1.82) is 0 Å². The first-order chi connectivity index (χ1) is 36.2. The second kappa shape index (κ2) is 15.9. The Bertz CT molecular complexity index is 3550. The Kier molecular flexibility index (Phi) is 10.0. The Morgan fingerprint density at radius 1 is 0.697 bits per heavy atom. The summed E-state index contributed by atoms with van der Waals surface area (Å²) in [4.78, 5) is 7.24. The van der Waals surface area contributed by atoms with Gasteiger partial charge in [-0.1, -0.05) is 180 Å². The maximum absolute atomic E-state index is 2.90. The van der Waals surface area contributed by atoms with Crippen molar-refractivity contribution < 1.29 is 0 Å². The lowest BCUT2D eigenvalue weighted by atomic mass is 9.35. The second-order valence-electron chi connectivity index (χ2n) is 29.3. The molecule has 3 fully saturated rings. The molecule has 4 bridgehead atoms. The van der Waals surface area contributed by atoms with E-state index >= 15 is 0 Å². The van der Waals surface area contributed by atoms with E-state index in [0.717, 1.165) is 12.8 Å². The molecule has 3 aliphatic heterocycles. The number of rotatable bonds is 4. The maximum atomic E-state index is 2.90. The summed E-state index contributed by atoms with van der Waals surface area (Å²) < 4.78 is 1.56. The summed E-state index contributed by atoms with van der Waals surface area (Å²) in [6, 6.07) is 41.7. The third-order valence-electron chi connectivity index (χ3n) is 22.7. The smallest absolute Gasteiger partial charge is 0.264 e. The number of nitrogens with zero attached hydrogens (tertiary/aromatic N) is 2. The SMILES string of the molecule is CC(C)C(C)c1ccc2c(c1)B1c3sc4c5c3N(C3=CC6[C@@H](C=C3)C(C)(C)CCC6(C)CC3(C)CCC(C)(C)C(C4)C3=C5)c3cc(C4CC5c6ccccc6-c6ccccc6C45)cc(c31)N2c1ccc(C(C)(C)C)cc1. The van der Waals surface area contributed by atoms with Crippen LogP contribution in [0.5, 0.6) is 0 Å². The predicted octanol–water partition coefficient (Wildman–Crippen LogP) is 17.9. The molecule has 0 amide bonds. The van der Waals surface area contributed by atoms with Crippen molar-refractivity contribution in [3.8, 4) is 11.1 Å². The molecule has 9 aliphatic rings. The van der Waals surface area contributed by atoms with Gasteiger partial charge in [-0.2, -0.15) is 11.3 Å². The molecule has 3 saturated carbocycles. The van der Waals surface area contributed by atoms with Gasteiger partial charge in [0.05, 0.1) is 5.69 Å². The van der Waals surface area contributed by atoms with E-state index in [1.54, 1.807) is 20.8 Å². The summed E-state index contributed by atoms with van der Waals surface area (Å²) in [7, 11) is 0. The third kappa shape index (κ3) is 6.58. The highest BCUT2D eigenvalue weighted by Crippen LogP contribution is 2.68. The number of allylic oxidation sites excluding steroid dienone is 4. The van der Waals surface area contributed by atoms with Gasteiger partial charge < -0.3 is 9.80 Å². The largest absolute Gasteiger partial charge is 0.311 e. The fourth-order valence-electron chi connectivity index (χ4n) is 17.8. The van der Waals surface area contributed by atoms with Gasteiger partial charge in [-0.15, -0.1) is 0 Å². The van der Waals surface area contributed by atoms with Crippen molar-refractivity contribution in [2.75, 3.05) is 9.80 Å². The molecular formula is C72H79BN2S. The van der Waals surface area contributed by atoms with E-state index in [9.17, 15) is 0 Å². The minimum atomic E-state index is 0.0556. The molecule has 2 nitrogen and oxygen atoms in total. The van der Waals surface area contributed by atoms with Crippen molar-refractivity contribution in [1.82, 2.24) is 0 Å². The maximum Gasteiger partial charge on any atom is 0.264 e. The molecule has 0 spiro atoms. The average molecular weight is 1020 g/mol. The molecule has 8 unspecified atom stereocenters. The highest BCUT2D eigenvalue weighted by Gasteiger charge is 2.58. The Labute approximate surface area is 459 Å².